The normalized spacial score (nSPS) is 9.89. The molecule has 0 atom stereocenters. The molecule has 0 unspecified atom stereocenters. The van der Waals surface area contributed by atoms with Gasteiger partial charge >= 0.3 is 0 Å². The van der Waals surface area contributed by atoms with Gasteiger partial charge in [0.15, 0.2) is 0 Å². The zero-order valence-corrected chi connectivity index (χ0v) is 11.3. The molecule has 0 amide bonds. The molecule has 18 heavy (non-hydrogen) atoms. The lowest BCUT2D eigenvalue weighted by molar-refractivity contribution is 0.886. The summed E-state index contributed by atoms with van der Waals surface area (Å²) < 4.78 is 0. The van der Waals surface area contributed by atoms with Crippen molar-refractivity contribution in [2.75, 3.05) is 0 Å². The molecule has 0 bridgehead atoms. The fourth-order valence-corrected chi connectivity index (χ4v) is 1.32. The first-order chi connectivity index (χ1) is 8.86. The molecule has 0 heterocycles. The minimum absolute atomic E-state index is 1.23. The Morgan fingerprint density at radius 3 is 1.22 bits per heavy atom. The summed E-state index contributed by atoms with van der Waals surface area (Å²) in [6.45, 7) is 4.36. The molecule has 0 heteroatoms. The zero-order chi connectivity index (χ0) is 13.1. The minimum Gasteiger partial charge on any atom is -0.0654 e. The number of hydrogen-bond donors (Lipinski definition) is 0. The number of benzene rings is 2. The Morgan fingerprint density at radius 1 is 0.611 bits per heavy atom. The highest BCUT2D eigenvalue weighted by atomic mass is 13.9. The van der Waals surface area contributed by atoms with Gasteiger partial charge in [-0.25, -0.2) is 0 Å². The van der Waals surface area contributed by atoms with Crippen LogP contribution in [0.15, 0.2) is 60.7 Å². The topological polar surface area (TPSA) is 0 Å². The van der Waals surface area contributed by atoms with E-state index in [4.69, 9.17) is 0 Å². The Labute approximate surface area is 111 Å². The van der Waals surface area contributed by atoms with Gasteiger partial charge in [-0.1, -0.05) is 99.5 Å². The first-order valence-corrected chi connectivity index (χ1v) is 6.65. The van der Waals surface area contributed by atoms with Crippen molar-refractivity contribution >= 4 is 12.2 Å². The van der Waals surface area contributed by atoms with Crippen molar-refractivity contribution in [2.24, 2.45) is 0 Å². The monoisotopic (exact) mass is 238 g/mol. The standard InChI is InChI=1S/C14H12.C4H10/c1-3-7-13(8-4-1)11-12-14-9-5-2-6-10-14;1-3-4-2/h1-12H;3-4H2,1-2H3. The van der Waals surface area contributed by atoms with Crippen molar-refractivity contribution < 1.29 is 0 Å². The third-order valence-corrected chi connectivity index (χ3v) is 2.57. The lowest BCUT2D eigenvalue weighted by atomic mass is 10.1. The number of hydrogen-bond acceptors (Lipinski definition) is 0. The molecule has 0 N–H and O–H groups in total. The molecule has 2 aromatic carbocycles. The smallest absolute Gasteiger partial charge is 0.0256 e. The van der Waals surface area contributed by atoms with Crippen molar-refractivity contribution in [3.05, 3.63) is 71.8 Å². The minimum atomic E-state index is 1.23. The van der Waals surface area contributed by atoms with Crippen LogP contribution in [0, 0.1) is 0 Å². The molecule has 0 saturated heterocycles. The fourth-order valence-electron chi connectivity index (χ4n) is 1.32. The van der Waals surface area contributed by atoms with Gasteiger partial charge in [-0.2, -0.15) is 0 Å². The highest BCUT2D eigenvalue weighted by molar-refractivity contribution is 5.69. The van der Waals surface area contributed by atoms with Crippen LogP contribution >= 0.6 is 0 Å². The predicted molar refractivity (Wildman–Crippen MR) is 82.4 cm³/mol. The summed E-state index contributed by atoms with van der Waals surface area (Å²) in [6, 6.07) is 20.6. The molecule has 2 aromatic rings. The molecule has 0 aromatic heterocycles. The van der Waals surface area contributed by atoms with Crippen LogP contribution in [0.5, 0.6) is 0 Å². The van der Waals surface area contributed by atoms with Gasteiger partial charge in [0.05, 0.1) is 0 Å². The fraction of sp³-hybridized carbons (Fsp3) is 0.222. The SMILES string of the molecule is C(=Cc1ccccc1)c1ccccc1.CCCC. The van der Waals surface area contributed by atoms with Crippen LogP contribution in [-0.4, -0.2) is 0 Å². The Hall–Kier alpha value is -1.82. The average Bonchev–Trinajstić information content (AvgIpc) is 2.47. The Morgan fingerprint density at radius 2 is 0.944 bits per heavy atom. The van der Waals surface area contributed by atoms with Gasteiger partial charge in [0.1, 0.15) is 0 Å². The maximum atomic E-state index is 2.18. The Bertz CT molecular complexity index is 383. The van der Waals surface area contributed by atoms with E-state index in [0.717, 1.165) is 0 Å². The van der Waals surface area contributed by atoms with Crippen LogP contribution in [0.3, 0.4) is 0 Å². The van der Waals surface area contributed by atoms with Crippen molar-refractivity contribution in [1.29, 1.82) is 0 Å². The van der Waals surface area contributed by atoms with Crippen LogP contribution < -0.4 is 0 Å². The molecule has 0 nitrogen and oxygen atoms in total. The summed E-state index contributed by atoms with van der Waals surface area (Å²) >= 11 is 0. The van der Waals surface area contributed by atoms with E-state index in [1.54, 1.807) is 0 Å². The predicted octanol–water partition coefficient (Wildman–Crippen LogP) is 5.66. The van der Waals surface area contributed by atoms with Crippen LogP contribution in [0.25, 0.3) is 12.2 Å². The summed E-state index contributed by atoms with van der Waals surface area (Å²) in [6.07, 6.45) is 6.88. The molecule has 0 aliphatic carbocycles. The lowest BCUT2D eigenvalue weighted by Gasteiger charge is -1.92. The summed E-state index contributed by atoms with van der Waals surface area (Å²) in [4.78, 5) is 0. The van der Waals surface area contributed by atoms with Gasteiger partial charge in [-0.05, 0) is 11.1 Å². The van der Waals surface area contributed by atoms with E-state index >= 15 is 0 Å². The number of unbranched alkanes of at least 4 members (excludes halogenated alkanes) is 1. The van der Waals surface area contributed by atoms with Crippen molar-refractivity contribution in [1.82, 2.24) is 0 Å². The molecular weight excluding hydrogens is 216 g/mol. The van der Waals surface area contributed by atoms with E-state index in [1.165, 1.54) is 24.0 Å². The second-order valence-electron chi connectivity index (χ2n) is 4.15. The van der Waals surface area contributed by atoms with E-state index in [1.807, 2.05) is 36.4 Å². The molecule has 0 radical (unpaired) electrons. The summed E-state index contributed by atoms with van der Waals surface area (Å²) in [5.41, 5.74) is 2.47. The van der Waals surface area contributed by atoms with Crippen LogP contribution in [0.2, 0.25) is 0 Å². The van der Waals surface area contributed by atoms with Crippen LogP contribution in [-0.2, 0) is 0 Å². The van der Waals surface area contributed by atoms with E-state index in [-0.39, 0.29) is 0 Å². The first-order valence-electron chi connectivity index (χ1n) is 6.65. The molecule has 0 aliphatic heterocycles. The summed E-state index contributed by atoms with van der Waals surface area (Å²) in [7, 11) is 0. The lowest BCUT2D eigenvalue weighted by Crippen LogP contribution is -1.70. The zero-order valence-electron chi connectivity index (χ0n) is 11.3. The van der Waals surface area contributed by atoms with Crippen molar-refractivity contribution in [3.8, 4) is 0 Å². The maximum absolute atomic E-state index is 2.18. The second-order valence-corrected chi connectivity index (χ2v) is 4.15. The molecule has 0 aliphatic rings. The number of rotatable bonds is 3. The van der Waals surface area contributed by atoms with Gasteiger partial charge in [0, 0.05) is 0 Å². The molecule has 0 spiro atoms. The largest absolute Gasteiger partial charge is 0.0654 e. The van der Waals surface area contributed by atoms with E-state index < -0.39 is 0 Å². The highest BCUT2D eigenvalue weighted by Gasteiger charge is 1.84. The Kier molecular flexibility index (Phi) is 7.31. The molecular formula is C18H22. The Balaban J connectivity index is 0.000000357. The maximum Gasteiger partial charge on any atom is -0.0256 e. The summed E-state index contributed by atoms with van der Waals surface area (Å²) in [5.74, 6) is 0. The van der Waals surface area contributed by atoms with Crippen LogP contribution in [0.4, 0.5) is 0 Å². The summed E-state index contributed by atoms with van der Waals surface area (Å²) in [5, 5.41) is 0. The van der Waals surface area contributed by atoms with Gasteiger partial charge in [-0.15, -0.1) is 0 Å². The molecule has 94 valence electrons. The van der Waals surface area contributed by atoms with Gasteiger partial charge in [0.25, 0.3) is 0 Å². The third-order valence-electron chi connectivity index (χ3n) is 2.57. The van der Waals surface area contributed by atoms with Gasteiger partial charge in [-0.3, -0.25) is 0 Å². The van der Waals surface area contributed by atoms with Gasteiger partial charge < -0.3 is 0 Å². The van der Waals surface area contributed by atoms with Gasteiger partial charge in [0.2, 0.25) is 0 Å². The second kappa shape index (κ2) is 9.23. The van der Waals surface area contributed by atoms with E-state index in [0.29, 0.717) is 0 Å². The third kappa shape index (κ3) is 6.05. The van der Waals surface area contributed by atoms with E-state index in [9.17, 15) is 0 Å². The first kappa shape index (κ1) is 14.2. The molecule has 2 rings (SSSR count). The van der Waals surface area contributed by atoms with Crippen LogP contribution in [0.1, 0.15) is 37.8 Å². The quantitative estimate of drug-likeness (QED) is 0.605. The van der Waals surface area contributed by atoms with Crippen molar-refractivity contribution in [2.45, 2.75) is 26.7 Å². The van der Waals surface area contributed by atoms with E-state index in [2.05, 4.69) is 50.3 Å². The average molecular weight is 238 g/mol. The highest BCUT2D eigenvalue weighted by Crippen LogP contribution is 2.06. The molecule has 0 saturated carbocycles. The van der Waals surface area contributed by atoms with Crippen molar-refractivity contribution in [3.63, 3.8) is 0 Å². The molecule has 0 fully saturated rings.